The van der Waals surface area contributed by atoms with Crippen molar-refractivity contribution >= 4 is 5.69 Å². The van der Waals surface area contributed by atoms with Gasteiger partial charge in [-0.3, -0.25) is 4.68 Å². The molecule has 5 heteroatoms. The second-order valence-corrected chi connectivity index (χ2v) is 5.42. The van der Waals surface area contributed by atoms with E-state index in [0.717, 1.165) is 31.9 Å². The Labute approximate surface area is 127 Å². The maximum absolute atomic E-state index is 4.20. The van der Waals surface area contributed by atoms with Gasteiger partial charge in [-0.25, -0.2) is 0 Å². The fourth-order valence-electron chi connectivity index (χ4n) is 2.17. The molecule has 1 N–H and O–H groups in total. The molecule has 21 heavy (non-hydrogen) atoms. The van der Waals surface area contributed by atoms with Gasteiger partial charge in [0.1, 0.15) is 0 Å². The third-order valence-corrected chi connectivity index (χ3v) is 3.38. The average molecular weight is 287 g/mol. The van der Waals surface area contributed by atoms with Gasteiger partial charge >= 0.3 is 0 Å². The minimum atomic E-state index is 0.462. The Kier molecular flexibility index (Phi) is 5.75. The second-order valence-electron chi connectivity index (χ2n) is 5.42. The highest BCUT2D eigenvalue weighted by atomic mass is 15.4. The predicted octanol–water partition coefficient (Wildman–Crippen LogP) is 2.30. The van der Waals surface area contributed by atoms with Crippen LogP contribution in [0.2, 0.25) is 0 Å². The van der Waals surface area contributed by atoms with E-state index < -0.39 is 0 Å². The van der Waals surface area contributed by atoms with E-state index in [1.807, 2.05) is 16.9 Å². The maximum Gasteiger partial charge on any atom is 0.0964 e. The molecular formula is C16H25N5. The summed E-state index contributed by atoms with van der Waals surface area (Å²) in [5.74, 6) is 0. The first-order chi connectivity index (χ1) is 10.2. The smallest absolute Gasteiger partial charge is 0.0964 e. The van der Waals surface area contributed by atoms with Crippen molar-refractivity contribution in [1.82, 2.24) is 20.3 Å². The zero-order valence-electron chi connectivity index (χ0n) is 13.2. The molecule has 0 spiro atoms. The van der Waals surface area contributed by atoms with Gasteiger partial charge < -0.3 is 10.2 Å². The molecule has 0 saturated carbocycles. The summed E-state index contributed by atoms with van der Waals surface area (Å²) < 4.78 is 1.92. The molecule has 0 atom stereocenters. The molecule has 2 rings (SSSR count). The molecule has 2 aromatic rings. The van der Waals surface area contributed by atoms with E-state index in [9.17, 15) is 0 Å². The molecule has 0 aliphatic rings. The summed E-state index contributed by atoms with van der Waals surface area (Å²) >= 11 is 0. The van der Waals surface area contributed by atoms with Crippen molar-refractivity contribution < 1.29 is 0 Å². The zero-order valence-corrected chi connectivity index (χ0v) is 13.2. The SMILES string of the molecule is CCN(CCn1cc(CNC(C)C)nn1)c1ccccc1. The molecular weight excluding hydrogens is 262 g/mol. The number of anilines is 1. The fraction of sp³-hybridized carbons (Fsp3) is 0.500. The topological polar surface area (TPSA) is 46.0 Å². The predicted molar refractivity (Wildman–Crippen MR) is 86.3 cm³/mol. The number of hydrogen-bond donors (Lipinski definition) is 1. The molecule has 0 saturated heterocycles. The summed E-state index contributed by atoms with van der Waals surface area (Å²) in [6.07, 6.45) is 2.02. The van der Waals surface area contributed by atoms with E-state index >= 15 is 0 Å². The summed E-state index contributed by atoms with van der Waals surface area (Å²) in [6.45, 7) is 9.96. The van der Waals surface area contributed by atoms with Crippen molar-refractivity contribution in [3.05, 3.63) is 42.2 Å². The highest BCUT2D eigenvalue weighted by molar-refractivity contribution is 5.45. The van der Waals surface area contributed by atoms with Crippen molar-refractivity contribution in [2.24, 2.45) is 0 Å². The lowest BCUT2D eigenvalue weighted by Gasteiger charge is -2.22. The van der Waals surface area contributed by atoms with Crippen molar-refractivity contribution in [3.8, 4) is 0 Å². The van der Waals surface area contributed by atoms with Crippen molar-refractivity contribution in [2.75, 3.05) is 18.0 Å². The van der Waals surface area contributed by atoms with Crippen LogP contribution in [0.4, 0.5) is 5.69 Å². The Hall–Kier alpha value is -1.88. The molecule has 0 amide bonds. The van der Waals surface area contributed by atoms with Crippen LogP contribution in [-0.4, -0.2) is 34.1 Å². The molecule has 0 aliphatic carbocycles. The van der Waals surface area contributed by atoms with Gasteiger partial charge in [-0.15, -0.1) is 5.10 Å². The standard InChI is InChI=1S/C16H25N5/c1-4-20(16-8-6-5-7-9-16)10-11-21-13-15(18-19-21)12-17-14(2)3/h5-9,13-14,17H,4,10-12H2,1-3H3. The first kappa shape index (κ1) is 15.5. The summed E-state index contributed by atoms with van der Waals surface area (Å²) in [4.78, 5) is 2.34. The number of nitrogens with zero attached hydrogens (tertiary/aromatic N) is 4. The quantitative estimate of drug-likeness (QED) is 0.809. The number of benzene rings is 1. The minimum absolute atomic E-state index is 0.462. The lowest BCUT2D eigenvalue weighted by molar-refractivity contribution is 0.576. The molecule has 114 valence electrons. The molecule has 0 unspecified atom stereocenters. The molecule has 1 heterocycles. The van der Waals surface area contributed by atoms with E-state index in [0.29, 0.717) is 6.04 Å². The first-order valence-electron chi connectivity index (χ1n) is 7.61. The number of nitrogens with one attached hydrogen (secondary N) is 1. The van der Waals surface area contributed by atoms with Crippen LogP contribution in [0.5, 0.6) is 0 Å². The molecule has 0 fully saturated rings. The van der Waals surface area contributed by atoms with Crippen LogP contribution in [0.3, 0.4) is 0 Å². The Bertz CT molecular complexity index is 520. The third kappa shape index (κ3) is 4.86. The lowest BCUT2D eigenvalue weighted by Crippen LogP contribution is -2.27. The number of para-hydroxylation sites is 1. The normalized spacial score (nSPS) is 11.0. The monoisotopic (exact) mass is 287 g/mol. The number of aromatic nitrogens is 3. The highest BCUT2D eigenvalue weighted by Gasteiger charge is 2.06. The van der Waals surface area contributed by atoms with Crippen LogP contribution in [0.15, 0.2) is 36.5 Å². The summed E-state index contributed by atoms with van der Waals surface area (Å²) in [5.41, 5.74) is 2.24. The lowest BCUT2D eigenvalue weighted by atomic mass is 10.3. The van der Waals surface area contributed by atoms with Crippen LogP contribution in [0.25, 0.3) is 0 Å². The van der Waals surface area contributed by atoms with Gasteiger partial charge in [0.05, 0.1) is 12.2 Å². The van der Waals surface area contributed by atoms with Gasteiger partial charge in [0.15, 0.2) is 0 Å². The highest BCUT2D eigenvalue weighted by Crippen LogP contribution is 2.12. The summed E-state index contributed by atoms with van der Waals surface area (Å²) in [7, 11) is 0. The van der Waals surface area contributed by atoms with Crippen molar-refractivity contribution in [1.29, 1.82) is 0 Å². The average Bonchev–Trinajstić information content (AvgIpc) is 2.95. The zero-order chi connectivity index (χ0) is 15.1. The Morgan fingerprint density at radius 2 is 2.00 bits per heavy atom. The van der Waals surface area contributed by atoms with Crippen molar-refractivity contribution in [2.45, 2.75) is 39.9 Å². The van der Waals surface area contributed by atoms with Crippen LogP contribution < -0.4 is 10.2 Å². The Morgan fingerprint density at radius 1 is 1.24 bits per heavy atom. The number of rotatable bonds is 8. The molecule has 5 nitrogen and oxygen atoms in total. The number of hydrogen-bond acceptors (Lipinski definition) is 4. The third-order valence-electron chi connectivity index (χ3n) is 3.38. The van der Waals surface area contributed by atoms with Crippen LogP contribution in [0.1, 0.15) is 26.5 Å². The summed E-state index contributed by atoms with van der Waals surface area (Å²) in [6, 6.07) is 10.9. The van der Waals surface area contributed by atoms with E-state index in [-0.39, 0.29) is 0 Å². The Morgan fingerprint density at radius 3 is 2.67 bits per heavy atom. The number of likely N-dealkylation sites (N-methyl/N-ethyl adjacent to an activating group) is 1. The van der Waals surface area contributed by atoms with Crippen LogP contribution >= 0.6 is 0 Å². The van der Waals surface area contributed by atoms with Gasteiger partial charge in [-0.05, 0) is 19.1 Å². The van der Waals surface area contributed by atoms with Gasteiger partial charge in [-0.2, -0.15) is 0 Å². The molecule has 0 radical (unpaired) electrons. The van der Waals surface area contributed by atoms with Gasteiger partial charge in [-0.1, -0.05) is 37.3 Å². The second kappa shape index (κ2) is 7.78. The largest absolute Gasteiger partial charge is 0.370 e. The summed E-state index contributed by atoms with van der Waals surface area (Å²) in [5, 5.41) is 11.7. The van der Waals surface area contributed by atoms with E-state index in [1.165, 1.54) is 5.69 Å². The molecule has 1 aromatic carbocycles. The van der Waals surface area contributed by atoms with E-state index in [4.69, 9.17) is 0 Å². The van der Waals surface area contributed by atoms with E-state index in [1.54, 1.807) is 0 Å². The fourth-order valence-corrected chi connectivity index (χ4v) is 2.17. The molecule has 0 bridgehead atoms. The van der Waals surface area contributed by atoms with E-state index in [2.05, 4.69) is 65.6 Å². The van der Waals surface area contributed by atoms with Crippen LogP contribution in [-0.2, 0) is 13.1 Å². The molecule has 0 aliphatic heterocycles. The van der Waals surface area contributed by atoms with Gasteiger partial charge in [0, 0.05) is 37.6 Å². The minimum Gasteiger partial charge on any atom is -0.370 e. The van der Waals surface area contributed by atoms with Crippen LogP contribution in [0, 0.1) is 0 Å². The first-order valence-corrected chi connectivity index (χ1v) is 7.61. The van der Waals surface area contributed by atoms with Gasteiger partial charge in [0.25, 0.3) is 0 Å². The van der Waals surface area contributed by atoms with Crippen molar-refractivity contribution in [3.63, 3.8) is 0 Å². The van der Waals surface area contributed by atoms with Gasteiger partial charge in [0.2, 0.25) is 0 Å². The molecule has 1 aromatic heterocycles. The maximum atomic E-state index is 4.20. The Balaban J connectivity index is 1.87.